The molecule has 4 aromatic carbocycles. The molecule has 230 valence electrons. The van der Waals surface area contributed by atoms with E-state index in [4.69, 9.17) is 4.74 Å². The Bertz CT molecular complexity index is 1730. The lowest BCUT2D eigenvalue weighted by atomic mass is 9.75. The fourth-order valence-electron chi connectivity index (χ4n) is 5.40. The number of esters is 1. The lowest BCUT2D eigenvalue weighted by Gasteiger charge is -2.36. The van der Waals surface area contributed by atoms with Crippen LogP contribution in [0.5, 0.6) is 0 Å². The van der Waals surface area contributed by atoms with E-state index in [1.54, 1.807) is 40.7 Å². The highest BCUT2D eigenvalue weighted by Gasteiger charge is 2.40. The highest BCUT2D eigenvalue weighted by Crippen LogP contribution is 2.36. The van der Waals surface area contributed by atoms with Crippen molar-refractivity contribution in [2.45, 2.75) is 37.4 Å². The van der Waals surface area contributed by atoms with Crippen molar-refractivity contribution in [2.24, 2.45) is 0 Å². The molecule has 0 saturated heterocycles. The number of benzene rings is 4. The maximum atomic E-state index is 14.8. The van der Waals surface area contributed by atoms with Crippen LogP contribution in [0.4, 0.5) is 5.69 Å². The summed E-state index contributed by atoms with van der Waals surface area (Å²) in [5.41, 5.74) is 3.31. The number of anilines is 1. The van der Waals surface area contributed by atoms with E-state index >= 15 is 0 Å². The smallest absolute Gasteiger partial charge is 0.338 e. The van der Waals surface area contributed by atoms with Gasteiger partial charge in [-0.2, -0.15) is 0 Å². The number of aliphatic carboxylic acids is 1. The van der Waals surface area contributed by atoms with E-state index in [1.165, 1.54) is 11.8 Å². The van der Waals surface area contributed by atoms with Crippen molar-refractivity contribution in [3.05, 3.63) is 126 Å². The number of rotatable bonds is 13. The largest absolute Gasteiger partial charge is 0.480 e. The predicted molar refractivity (Wildman–Crippen MR) is 177 cm³/mol. The Kier molecular flexibility index (Phi) is 9.99. The zero-order valence-electron chi connectivity index (χ0n) is 25.3. The molecule has 45 heavy (non-hydrogen) atoms. The Morgan fingerprint density at radius 1 is 0.867 bits per heavy atom. The van der Waals surface area contributed by atoms with Gasteiger partial charge in [-0.25, -0.2) is 9.78 Å². The molecular formula is C36H35N3O5S. The molecule has 9 heteroatoms. The monoisotopic (exact) mass is 621 g/mol. The van der Waals surface area contributed by atoms with Crippen LogP contribution in [0.3, 0.4) is 0 Å². The second-order valence-corrected chi connectivity index (χ2v) is 11.7. The summed E-state index contributed by atoms with van der Waals surface area (Å²) < 4.78 is 6.87. The van der Waals surface area contributed by atoms with Gasteiger partial charge in [-0.3, -0.25) is 9.59 Å². The molecule has 0 aliphatic heterocycles. The van der Waals surface area contributed by atoms with Gasteiger partial charge in [0, 0.05) is 18.0 Å². The second-order valence-electron chi connectivity index (χ2n) is 10.6. The summed E-state index contributed by atoms with van der Waals surface area (Å²) in [4.78, 5) is 45.2. The number of carboxylic acid groups (broad SMARTS) is 1. The van der Waals surface area contributed by atoms with E-state index in [1.807, 2.05) is 91.9 Å². The molecule has 0 atom stereocenters. The molecule has 5 aromatic rings. The van der Waals surface area contributed by atoms with Gasteiger partial charge >= 0.3 is 11.9 Å². The molecule has 0 bridgehead atoms. The standard InChI is InChI=1S/C36H35N3O5S/c1-3-44-33(42)26-19-21-29(22-20-26)38(34(43)36(2,27-13-6-4-7-14-27)28-15-8-5-9-16-28)23-12-24-45-35-37-30-17-10-11-18-31(30)39(35)25-32(40)41/h4-11,13-22H,3,12,23-25H2,1-2H3,(H,40,41). The van der Waals surface area contributed by atoms with Crippen molar-refractivity contribution < 1.29 is 24.2 Å². The number of amides is 1. The summed E-state index contributed by atoms with van der Waals surface area (Å²) in [5.74, 6) is -0.863. The van der Waals surface area contributed by atoms with Gasteiger partial charge in [0.15, 0.2) is 5.16 Å². The minimum absolute atomic E-state index is 0.105. The van der Waals surface area contributed by atoms with Crippen LogP contribution in [0.25, 0.3) is 11.0 Å². The Morgan fingerprint density at radius 3 is 2.07 bits per heavy atom. The van der Waals surface area contributed by atoms with Gasteiger partial charge in [0.2, 0.25) is 5.91 Å². The van der Waals surface area contributed by atoms with Crippen molar-refractivity contribution in [3.63, 3.8) is 0 Å². The molecule has 0 saturated carbocycles. The quantitative estimate of drug-likeness (QED) is 0.0875. The third-order valence-corrected chi connectivity index (χ3v) is 8.80. The number of aromatic nitrogens is 2. The number of carboxylic acids is 1. The first-order valence-electron chi connectivity index (χ1n) is 14.8. The number of hydrogen-bond acceptors (Lipinski definition) is 6. The Hall–Kier alpha value is -4.89. The van der Waals surface area contributed by atoms with E-state index in [0.717, 1.165) is 22.2 Å². The summed E-state index contributed by atoms with van der Waals surface area (Å²) in [5, 5.41) is 10.1. The van der Waals surface area contributed by atoms with Crippen LogP contribution in [0.2, 0.25) is 0 Å². The van der Waals surface area contributed by atoms with Crippen molar-refractivity contribution >= 4 is 46.3 Å². The average Bonchev–Trinajstić information content (AvgIpc) is 3.41. The molecule has 8 nitrogen and oxygen atoms in total. The predicted octanol–water partition coefficient (Wildman–Crippen LogP) is 6.82. The molecule has 0 aliphatic carbocycles. The molecule has 1 amide bonds. The number of ether oxygens (including phenoxy) is 1. The van der Waals surface area contributed by atoms with Crippen LogP contribution in [-0.2, 0) is 26.3 Å². The van der Waals surface area contributed by atoms with E-state index < -0.39 is 17.4 Å². The van der Waals surface area contributed by atoms with Crippen LogP contribution in [0, 0.1) is 0 Å². The van der Waals surface area contributed by atoms with Crippen molar-refractivity contribution in [1.82, 2.24) is 9.55 Å². The lowest BCUT2D eigenvalue weighted by molar-refractivity contribution is -0.137. The van der Waals surface area contributed by atoms with E-state index in [0.29, 0.717) is 35.1 Å². The molecule has 0 aliphatic rings. The van der Waals surface area contributed by atoms with Gasteiger partial charge in [-0.15, -0.1) is 0 Å². The van der Waals surface area contributed by atoms with Crippen molar-refractivity contribution in [2.75, 3.05) is 23.8 Å². The van der Waals surface area contributed by atoms with Gasteiger partial charge < -0.3 is 19.3 Å². The van der Waals surface area contributed by atoms with Crippen LogP contribution in [-0.4, -0.2) is 51.4 Å². The first-order valence-corrected chi connectivity index (χ1v) is 15.8. The summed E-state index contributed by atoms with van der Waals surface area (Å²) in [7, 11) is 0. The summed E-state index contributed by atoms with van der Waals surface area (Å²) in [6.07, 6.45) is 0.603. The van der Waals surface area contributed by atoms with E-state index in [9.17, 15) is 19.5 Å². The second kappa shape index (κ2) is 14.3. The molecule has 1 aromatic heterocycles. The lowest BCUT2D eigenvalue weighted by Crippen LogP contribution is -2.46. The normalized spacial score (nSPS) is 11.3. The zero-order chi connectivity index (χ0) is 31.8. The number of fused-ring (bicyclic) bond motifs is 1. The molecule has 1 heterocycles. The third-order valence-electron chi connectivity index (χ3n) is 7.74. The number of carbonyl (C=O) groups excluding carboxylic acids is 2. The van der Waals surface area contributed by atoms with Gasteiger partial charge in [-0.05, 0) is 67.8 Å². The number of hydrogen-bond donors (Lipinski definition) is 1. The molecule has 0 spiro atoms. The fraction of sp³-hybridized carbons (Fsp3) is 0.222. The zero-order valence-corrected chi connectivity index (χ0v) is 26.1. The third kappa shape index (κ3) is 6.94. The minimum atomic E-state index is -0.995. The minimum Gasteiger partial charge on any atom is -0.480 e. The van der Waals surface area contributed by atoms with Crippen LogP contribution >= 0.6 is 11.8 Å². The number of thioether (sulfide) groups is 1. The molecule has 0 radical (unpaired) electrons. The highest BCUT2D eigenvalue weighted by atomic mass is 32.2. The highest BCUT2D eigenvalue weighted by molar-refractivity contribution is 7.99. The summed E-state index contributed by atoms with van der Waals surface area (Å²) >= 11 is 1.47. The van der Waals surface area contributed by atoms with Gasteiger partial charge in [0.05, 0.1) is 28.6 Å². The summed E-state index contributed by atoms with van der Waals surface area (Å²) in [6.45, 7) is 4.18. The number of imidazole rings is 1. The Morgan fingerprint density at radius 2 is 1.47 bits per heavy atom. The van der Waals surface area contributed by atoms with Gasteiger partial charge in [-0.1, -0.05) is 84.6 Å². The first kappa shape index (κ1) is 31.5. The first-order chi connectivity index (χ1) is 21.8. The van der Waals surface area contributed by atoms with E-state index in [2.05, 4.69) is 4.98 Å². The number of para-hydroxylation sites is 2. The molecule has 5 rings (SSSR count). The Balaban J connectivity index is 1.45. The van der Waals surface area contributed by atoms with Crippen molar-refractivity contribution in [3.8, 4) is 0 Å². The molecule has 1 N–H and O–H groups in total. The van der Waals surface area contributed by atoms with Crippen molar-refractivity contribution in [1.29, 1.82) is 0 Å². The number of carbonyl (C=O) groups is 3. The SMILES string of the molecule is CCOC(=O)c1ccc(N(CCCSc2nc3ccccc3n2CC(=O)O)C(=O)C(C)(c2ccccc2)c2ccccc2)cc1. The molecule has 0 unspecified atom stereocenters. The van der Waals surface area contributed by atoms with Crippen LogP contribution in [0.15, 0.2) is 114 Å². The van der Waals surface area contributed by atoms with E-state index in [-0.39, 0.29) is 19.1 Å². The maximum Gasteiger partial charge on any atom is 0.338 e. The van der Waals surface area contributed by atoms with Gasteiger partial charge in [0.1, 0.15) is 6.54 Å². The van der Waals surface area contributed by atoms with Crippen LogP contribution in [0.1, 0.15) is 41.8 Å². The van der Waals surface area contributed by atoms with Crippen LogP contribution < -0.4 is 4.90 Å². The fourth-order valence-corrected chi connectivity index (χ4v) is 6.34. The summed E-state index contributed by atoms with van der Waals surface area (Å²) in [6, 6.07) is 33.9. The molecule has 0 fully saturated rings. The average molecular weight is 622 g/mol. The number of nitrogens with zero attached hydrogens (tertiary/aromatic N) is 3. The van der Waals surface area contributed by atoms with Gasteiger partial charge in [0.25, 0.3) is 0 Å². The molecular weight excluding hydrogens is 586 g/mol. The Labute approximate surface area is 266 Å². The maximum absolute atomic E-state index is 14.8. The topological polar surface area (TPSA) is 102 Å².